The number of hydrogen-bond donors (Lipinski definition) is 7. The molecule has 57 nitrogen and oxygen atoms in total. The molecule has 10 unspecified atom stereocenters. The number of phosphoric acid groups is 1. The average Bonchev–Trinajstić information content (AvgIpc) is 1.62. The molecule has 0 aromatic carbocycles. The minimum absolute atomic E-state index is 0.0155. The third-order valence-corrected chi connectivity index (χ3v) is 30.1. The quantitative estimate of drug-likeness (QED) is 0.0108. The number of nitrogen functional groups attached to an aromatic ring is 3. The summed E-state index contributed by atoms with van der Waals surface area (Å²) in [4.78, 5) is 198. The molecule has 6 aliphatic heterocycles. The molecule has 6 aromatic rings. The van der Waals surface area contributed by atoms with Gasteiger partial charge in [0, 0.05) is 113 Å². The number of rotatable bonds is 52. The van der Waals surface area contributed by atoms with E-state index in [0.29, 0.717) is 5.56 Å². The first kappa shape index (κ1) is 114. The van der Waals surface area contributed by atoms with Gasteiger partial charge in [-0.25, -0.2) is 28.8 Å². The van der Waals surface area contributed by atoms with E-state index in [9.17, 15) is 58.0 Å². The maximum atomic E-state index is 15.5. The molecule has 6 saturated heterocycles. The number of aromatic nitrogens is 12. The molecule has 66 heteroatoms. The number of nitrogens with one attached hydrogen (secondary N) is 3. The Morgan fingerprint density at radius 1 is 0.387 bits per heavy atom. The average molecular weight is 2190 g/mol. The Morgan fingerprint density at radius 3 is 1.04 bits per heavy atom. The van der Waals surface area contributed by atoms with E-state index in [2.05, 4.69) is 29.9 Å². The zero-order chi connectivity index (χ0) is 104. The molecule has 0 radical (unpaired) electrons. The van der Waals surface area contributed by atoms with Gasteiger partial charge in [-0.15, -0.1) is 0 Å². The van der Waals surface area contributed by atoms with Crippen molar-refractivity contribution in [2.75, 3.05) is 152 Å². The van der Waals surface area contributed by atoms with Crippen LogP contribution in [-0.4, -0.2) is 301 Å². The number of hydrogen-bond acceptors (Lipinski definition) is 52. The van der Waals surface area contributed by atoms with Crippen LogP contribution in [0.2, 0.25) is 0 Å². The summed E-state index contributed by atoms with van der Waals surface area (Å²) in [5.74, 6) is -0.570. The van der Waals surface area contributed by atoms with Gasteiger partial charge in [0.2, 0.25) is 0 Å². The molecular weight excluding hydrogens is 2080 g/mol. The molecule has 794 valence electrons. The van der Waals surface area contributed by atoms with Gasteiger partial charge in [-0.2, -0.15) is 15.0 Å². The molecule has 0 aliphatic carbocycles. The molecule has 10 N–H and O–H groups in total. The molecule has 0 saturated carbocycles. The largest absolute Gasteiger partial charge is 0.780 e. The van der Waals surface area contributed by atoms with E-state index >= 15 is 18.9 Å². The van der Waals surface area contributed by atoms with E-state index in [-0.39, 0.29) is 111 Å². The molecule has 6 aliphatic rings. The highest BCUT2D eigenvalue weighted by Gasteiger charge is 2.57. The van der Waals surface area contributed by atoms with E-state index in [1.165, 1.54) is 88.8 Å². The van der Waals surface area contributed by atoms with Gasteiger partial charge in [0.1, 0.15) is 135 Å². The first-order valence-electron chi connectivity index (χ1n) is 43.5. The lowest BCUT2D eigenvalue weighted by Crippen LogP contribution is -2.43. The number of aromatic amines is 3. The number of H-pyrrole nitrogens is 3. The molecule has 6 aromatic heterocycles. The van der Waals surface area contributed by atoms with Crippen molar-refractivity contribution in [3.63, 3.8) is 0 Å². The van der Waals surface area contributed by atoms with E-state index in [4.69, 9.17) is 186 Å². The predicted molar refractivity (Wildman–Crippen MR) is 493 cm³/mol. The van der Waals surface area contributed by atoms with Crippen LogP contribution in [0.15, 0.2) is 80.3 Å². The zero-order valence-electron chi connectivity index (χ0n) is 78.1. The smallest absolute Gasteiger partial charge is 0.351 e. The molecule has 6 fully saturated rings. The van der Waals surface area contributed by atoms with Crippen LogP contribution in [0, 0.1) is 41.5 Å². The van der Waals surface area contributed by atoms with E-state index in [0.717, 1.165) is 46.0 Å². The van der Waals surface area contributed by atoms with Crippen LogP contribution in [0.5, 0.6) is 0 Å². The fourth-order valence-corrected chi connectivity index (χ4v) is 22.5. The second-order valence-corrected chi connectivity index (χ2v) is 45.0. The number of nitrogens with two attached hydrogens (primary N) is 3. The van der Waals surface area contributed by atoms with Crippen LogP contribution in [0.4, 0.5) is 17.5 Å². The Hall–Kier alpha value is -6.40. The molecule has 0 spiro atoms. The topological polar surface area (TPSA) is 734 Å². The molecule has 0 amide bonds. The Morgan fingerprint density at radius 2 is 0.676 bits per heavy atom. The zero-order valence-corrected chi connectivity index (χ0v) is 85.8. The van der Waals surface area contributed by atoms with Gasteiger partial charge in [-0.3, -0.25) is 65.9 Å². The fraction of sp³-hybridized carbons (Fsp3) is 0.684. The summed E-state index contributed by atoms with van der Waals surface area (Å²) in [5, 5.41) is 11.8. The Labute approximate surface area is 826 Å². The highest BCUT2D eigenvalue weighted by molar-refractivity contribution is 8.32. The number of aliphatic hydroxyl groups is 1. The van der Waals surface area contributed by atoms with Crippen LogP contribution in [0.25, 0.3) is 0 Å². The van der Waals surface area contributed by atoms with Crippen molar-refractivity contribution in [3.8, 4) is 0 Å². The van der Waals surface area contributed by atoms with Crippen LogP contribution in [-0.2, 0) is 178 Å². The van der Waals surface area contributed by atoms with Crippen LogP contribution in [0.1, 0.15) is 90.5 Å². The number of anilines is 3. The van der Waals surface area contributed by atoms with Crippen molar-refractivity contribution in [1.82, 2.24) is 57.3 Å². The van der Waals surface area contributed by atoms with E-state index in [1.807, 2.05) is 0 Å². The van der Waals surface area contributed by atoms with E-state index < -0.39 is 273 Å². The Bertz CT molecular complexity index is 6220. The van der Waals surface area contributed by atoms with Crippen molar-refractivity contribution in [1.29, 1.82) is 0 Å². The van der Waals surface area contributed by atoms with Crippen molar-refractivity contribution >= 4 is 99.9 Å². The van der Waals surface area contributed by atoms with Crippen molar-refractivity contribution in [3.05, 3.63) is 165 Å². The summed E-state index contributed by atoms with van der Waals surface area (Å²) in [6.45, 7) is -18.3. The maximum absolute atomic E-state index is 15.5. The van der Waals surface area contributed by atoms with Gasteiger partial charge >= 0.3 is 34.1 Å². The van der Waals surface area contributed by atoms with Crippen LogP contribution in [0.3, 0.4) is 0 Å². The van der Waals surface area contributed by atoms with Crippen LogP contribution < -0.4 is 87.6 Å². The normalized spacial score (nSPS) is 29.4. The number of ether oxygens (including phenoxy) is 16. The van der Waals surface area contributed by atoms with Gasteiger partial charge in [0.25, 0.3) is 24.5 Å². The summed E-state index contributed by atoms with van der Waals surface area (Å²) < 4.78 is 191. The first-order valence-corrected chi connectivity index (χ1v) is 55.2. The standard InChI is InChI=1S/C76H114N15O42P5S4/c1-13-42-43(24-49(123-42)86-28-39(5)63(93)83-74(86)99)129-135(104,139)120-34-47-53(59(117-23-18-112-12)70(128-47)91-30-41(7)65(95)85-76(91)101)133-137(106,141)121-33-46-51(56(114-20-15-109-9)67(126-46)88-26-37(3)61(78)81-72(88)97)130-134(102,103)118-32-45-52(57(115-21-16-110-10)69(125-45)90-29-40(6)64(94)84-75(90)100)131-138(107,142)122-35-48-54(58(116-22-17-111-11)68(127-48)89-27-38(4)62(79)82-73(89)98)132-136(105,140)119-31-44-50(92)55(113-19-14-108-8)66(124-44)87-25-36(2)60(77)80-71(87)96/h25-30,42-59,66-70,92H,13-24,31-35H2,1-12H3,(H,102,103)(H,104,139)(H,105,140)(H,106,141)(H,107,142)(H2,77,80,96)(H2,78,81,97)(H2,79,82,98)(H,83,93,99)(H,84,94,100)(H,85,95,101)/p-5/t42-,43-,44-,45-,46-,47-,48-,49-,50+,51+,52+,53+,54+,55?,56?,57?,58?,59?,66-,67-,68-,69-,70-,135?,136?,137?,138?/m1/s1. The Balaban J connectivity index is 0.844. The lowest BCUT2D eigenvalue weighted by Gasteiger charge is -2.37. The number of nitrogens with zero attached hydrogens (tertiary/aromatic N) is 9. The Kier molecular flexibility index (Phi) is 40.1. The predicted octanol–water partition coefficient (Wildman–Crippen LogP) is -4.40. The first-order chi connectivity index (χ1) is 67.1. The summed E-state index contributed by atoms with van der Waals surface area (Å²) in [5.41, 5.74) is 10.3. The second-order valence-electron chi connectivity index (χ2n) is 32.8. The summed E-state index contributed by atoms with van der Waals surface area (Å²) in [7, 11) is 0.359. The molecule has 0 bridgehead atoms. The lowest BCUT2D eigenvalue weighted by molar-refractivity contribution is -0.238. The number of aliphatic hydroxyl groups excluding tert-OH is 1. The minimum atomic E-state index is -6.21. The summed E-state index contributed by atoms with van der Waals surface area (Å²) in [6, 6.07) is 0. The third-order valence-electron chi connectivity index (χ3n) is 22.9. The summed E-state index contributed by atoms with van der Waals surface area (Å²) in [6.07, 6.45) is -31.7. The molecule has 28 atom stereocenters. The number of aryl methyl sites for hydroxylation is 6. The number of phosphoric ester groups is 1. The highest BCUT2D eigenvalue weighted by Crippen LogP contribution is 2.56. The second kappa shape index (κ2) is 49.8. The maximum Gasteiger partial charge on any atom is 0.351 e. The van der Waals surface area contributed by atoms with Crippen molar-refractivity contribution in [2.45, 2.75) is 202 Å². The molecule has 12 heterocycles. The van der Waals surface area contributed by atoms with Gasteiger partial charge in [-0.05, 0) is 48.0 Å². The van der Waals surface area contributed by atoms with Gasteiger partial charge in [0.15, 0.2) is 37.9 Å². The minimum Gasteiger partial charge on any atom is -0.780 e. The summed E-state index contributed by atoms with van der Waals surface area (Å²) >= 11 is 22.2. The lowest BCUT2D eigenvalue weighted by atomic mass is 10.1. The third kappa shape index (κ3) is 28.4. The molecular formula is C76H109N15O42P5S4-5. The highest BCUT2D eigenvalue weighted by atomic mass is 32.7. The number of methoxy groups -OCH3 is 5. The van der Waals surface area contributed by atoms with Gasteiger partial charge in [-0.1, -0.05) is 42.3 Å². The van der Waals surface area contributed by atoms with Crippen molar-refractivity contribution in [2.24, 2.45) is 0 Å². The van der Waals surface area contributed by atoms with Gasteiger partial charge in [0.05, 0.1) is 111 Å². The van der Waals surface area contributed by atoms with Crippen molar-refractivity contribution < 1.29 is 155 Å². The molecule has 12 rings (SSSR count). The van der Waals surface area contributed by atoms with Crippen LogP contribution >= 0.6 is 34.8 Å². The fourth-order valence-electron chi connectivity index (χ4n) is 15.8. The molecule has 142 heavy (non-hydrogen) atoms. The SMILES string of the molecule is CC[C@H]1O[C@@H](n2cc(C)c(=O)[nH]c2=O)C[C@H]1OP([O-])(=S)OC[C@H]1O[C@@H](n2cc(C)c(=O)[nH]c2=O)C(OCCOC)[C@H]1OP([O-])(=S)OC[C@H]1O[C@@H](n2cc(C)c(N)nc2=O)C(OCCOC)[C@H]1OP(=O)([O-])OC[C@H]1O[C@@H](n2cc(C)c(=O)[nH]c2=O)C(OCCOC)[C@H]1OP(=O)([S-])OC[C@H]1O[C@@H](n2cc(C)c(N)nc2=O)C(OCCOC)[C@H]1OP([O-])(=S)OC[C@H]1O[C@@H](n2cc(C)c(N)nc2=O)C(OCCOC)[C@H]1O. The van der Waals surface area contributed by atoms with E-state index in [1.54, 1.807) is 13.8 Å². The monoisotopic (exact) mass is 2190 g/mol. The van der Waals surface area contributed by atoms with Gasteiger partial charge < -0.3 is 175 Å².